The molecule has 0 amide bonds. The van der Waals surface area contributed by atoms with Crippen LogP contribution in [0.15, 0.2) is 157 Å². The quantitative estimate of drug-likeness (QED) is 0.215. The molecule has 5 aliphatic carbocycles. The van der Waals surface area contributed by atoms with Gasteiger partial charge in [0, 0.05) is 45.2 Å². The summed E-state index contributed by atoms with van der Waals surface area (Å²) >= 11 is 0. The maximum absolute atomic E-state index is 2.61. The van der Waals surface area contributed by atoms with Crippen LogP contribution in [0.1, 0.15) is 81.2 Å². The van der Waals surface area contributed by atoms with Crippen LogP contribution < -0.4 is 9.80 Å². The second-order valence-electron chi connectivity index (χ2n) is 16.7. The zero-order valence-electron chi connectivity index (χ0n) is 30.4. The summed E-state index contributed by atoms with van der Waals surface area (Å²) in [6.07, 6.45) is 25.8. The molecule has 0 saturated carbocycles. The Balaban J connectivity index is 1.16. The van der Waals surface area contributed by atoms with Gasteiger partial charge in [-0.3, -0.25) is 0 Å². The summed E-state index contributed by atoms with van der Waals surface area (Å²) in [4.78, 5) is 5.16. The molecule has 0 radical (unpaired) electrons. The Morgan fingerprint density at radius 2 is 1.41 bits per heavy atom. The van der Waals surface area contributed by atoms with Gasteiger partial charge in [-0.2, -0.15) is 0 Å². The van der Waals surface area contributed by atoms with Crippen LogP contribution >= 0.6 is 0 Å². The number of nitrogens with zero attached hydrogens (tertiary/aromatic N) is 2. The third-order valence-electron chi connectivity index (χ3n) is 13.2. The lowest BCUT2D eigenvalue weighted by Gasteiger charge is -2.39. The SMILES string of the molecule is CC1(C)c2ccccc2-c2ccc(N(C3=CC4(C)c5ccccc5N(C5=CC=CCC5)C4C=C3)c3ccc4c(c3)C(C)(C)[C@H]3C=CC=CC43)cc21. The molecule has 4 aromatic rings. The summed E-state index contributed by atoms with van der Waals surface area (Å²) in [6, 6.07) is 32.8. The molecule has 0 bridgehead atoms. The maximum Gasteiger partial charge on any atom is 0.0653 e. The topological polar surface area (TPSA) is 6.48 Å². The van der Waals surface area contributed by atoms with Crippen LogP contribution in [-0.4, -0.2) is 6.04 Å². The number of hydrogen-bond acceptors (Lipinski definition) is 2. The van der Waals surface area contributed by atoms with Crippen LogP contribution in [0, 0.1) is 5.92 Å². The first-order valence-electron chi connectivity index (χ1n) is 18.9. The van der Waals surface area contributed by atoms with E-state index >= 15 is 0 Å². The van der Waals surface area contributed by atoms with Crippen molar-refractivity contribution in [3.05, 3.63) is 185 Å². The molecule has 2 nitrogen and oxygen atoms in total. The zero-order chi connectivity index (χ0) is 34.7. The van der Waals surface area contributed by atoms with Crippen molar-refractivity contribution >= 4 is 17.1 Å². The number of fused-ring (bicyclic) bond motifs is 9. The molecule has 0 spiro atoms. The van der Waals surface area contributed by atoms with E-state index in [2.05, 4.69) is 190 Å². The van der Waals surface area contributed by atoms with Crippen LogP contribution in [0.5, 0.6) is 0 Å². The minimum absolute atomic E-state index is 0.0332. The van der Waals surface area contributed by atoms with Gasteiger partial charge in [0.25, 0.3) is 0 Å². The lowest BCUT2D eigenvalue weighted by Crippen LogP contribution is -2.42. The van der Waals surface area contributed by atoms with Crippen LogP contribution in [0.4, 0.5) is 17.1 Å². The highest BCUT2D eigenvalue weighted by Crippen LogP contribution is 2.56. The predicted octanol–water partition coefficient (Wildman–Crippen LogP) is 12.1. The van der Waals surface area contributed by atoms with Gasteiger partial charge >= 0.3 is 0 Å². The van der Waals surface area contributed by atoms with Crippen molar-refractivity contribution in [3.63, 3.8) is 0 Å². The number of benzene rings is 4. The number of hydrogen-bond donors (Lipinski definition) is 0. The van der Waals surface area contributed by atoms with E-state index in [9.17, 15) is 0 Å². The normalized spacial score (nSPS) is 26.5. The number of para-hydroxylation sites is 1. The van der Waals surface area contributed by atoms with Gasteiger partial charge in [-0.25, -0.2) is 0 Å². The molecule has 10 rings (SSSR count). The molecule has 0 aromatic heterocycles. The van der Waals surface area contributed by atoms with Gasteiger partial charge in [-0.05, 0) is 119 Å². The molecule has 1 aliphatic heterocycles. The summed E-state index contributed by atoms with van der Waals surface area (Å²) in [6.45, 7) is 12.1. The van der Waals surface area contributed by atoms with Crippen LogP contribution in [-0.2, 0) is 16.2 Å². The smallest absolute Gasteiger partial charge is 0.0653 e. The fourth-order valence-corrected chi connectivity index (χ4v) is 10.6. The molecular formula is C49H46N2. The molecule has 0 saturated heterocycles. The minimum atomic E-state index is -0.201. The number of rotatable bonds is 4. The zero-order valence-corrected chi connectivity index (χ0v) is 30.4. The molecule has 3 unspecified atom stereocenters. The van der Waals surface area contributed by atoms with Crippen molar-refractivity contribution < 1.29 is 0 Å². The van der Waals surface area contributed by atoms with Crippen molar-refractivity contribution in [2.24, 2.45) is 5.92 Å². The Morgan fingerprint density at radius 1 is 0.686 bits per heavy atom. The molecule has 6 aliphatic rings. The third-order valence-corrected chi connectivity index (χ3v) is 13.2. The summed E-state index contributed by atoms with van der Waals surface area (Å²) in [5, 5.41) is 0. The van der Waals surface area contributed by atoms with Gasteiger partial charge < -0.3 is 9.80 Å². The standard InChI is InChI=1S/C49H46N2/c1-47(2)40-19-11-9-17-36(40)38-26-23-33(29-43(38)47)50(34-24-27-39-37-18-10-12-20-41(37)48(3,4)44(39)30-34)35-25-28-46-49(5,31-35)42-21-13-14-22-45(42)51(46)32-15-7-6-8-16-32/h6-7,9-15,17-31,36,40,46H,8,16H2,1-5H3/t36?,40-,46?,49?/m0/s1. The molecule has 1 heterocycles. The highest BCUT2D eigenvalue weighted by Gasteiger charge is 2.49. The molecule has 252 valence electrons. The lowest BCUT2D eigenvalue weighted by molar-refractivity contribution is 0.394. The van der Waals surface area contributed by atoms with E-state index in [4.69, 9.17) is 0 Å². The molecule has 0 N–H and O–H groups in total. The Labute approximate surface area is 303 Å². The first kappa shape index (κ1) is 30.7. The fourth-order valence-electron chi connectivity index (χ4n) is 10.6. The molecule has 0 fully saturated rings. The van der Waals surface area contributed by atoms with E-state index in [1.807, 2.05) is 0 Å². The monoisotopic (exact) mass is 662 g/mol. The number of anilines is 3. The van der Waals surface area contributed by atoms with Crippen molar-refractivity contribution in [3.8, 4) is 11.1 Å². The highest BCUT2D eigenvalue weighted by molar-refractivity contribution is 5.85. The second-order valence-corrected chi connectivity index (χ2v) is 16.7. The van der Waals surface area contributed by atoms with Gasteiger partial charge in [-0.15, -0.1) is 0 Å². The average Bonchev–Trinajstić information content (AvgIpc) is 3.65. The van der Waals surface area contributed by atoms with Crippen LogP contribution in [0.3, 0.4) is 0 Å². The Hall–Kier alpha value is -5.08. The van der Waals surface area contributed by atoms with E-state index in [1.54, 1.807) is 0 Å². The first-order valence-corrected chi connectivity index (χ1v) is 18.9. The molecule has 4 aromatic carbocycles. The first-order chi connectivity index (χ1) is 24.7. The van der Waals surface area contributed by atoms with Crippen molar-refractivity contribution in [1.29, 1.82) is 0 Å². The minimum Gasteiger partial charge on any atom is -0.337 e. The van der Waals surface area contributed by atoms with Gasteiger partial charge in [0.1, 0.15) is 0 Å². The van der Waals surface area contributed by atoms with Gasteiger partial charge in [0.15, 0.2) is 0 Å². The Morgan fingerprint density at radius 3 is 2.24 bits per heavy atom. The summed E-state index contributed by atoms with van der Waals surface area (Å²) in [5.41, 5.74) is 16.0. The molecule has 2 heteroatoms. The Bertz CT molecular complexity index is 2320. The molecule has 51 heavy (non-hydrogen) atoms. The van der Waals surface area contributed by atoms with Crippen molar-refractivity contribution in [2.45, 2.75) is 75.7 Å². The Kier molecular flexibility index (Phi) is 6.46. The van der Waals surface area contributed by atoms with E-state index in [0.29, 0.717) is 11.8 Å². The lowest BCUT2D eigenvalue weighted by atomic mass is 9.74. The van der Waals surface area contributed by atoms with Crippen LogP contribution in [0.25, 0.3) is 11.1 Å². The van der Waals surface area contributed by atoms with Crippen molar-refractivity contribution in [2.75, 3.05) is 9.80 Å². The predicted molar refractivity (Wildman–Crippen MR) is 214 cm³/mol. The second kappa shape index (κ2) is 10.7. The highest BCUT2D eigenvalue weighted by atomic mass is 15.2. The van der Waals surface area contributed by atoms with Gasteiger partial charge in [0.05, 0.1) is 6.04 Å². The van der Waals surface area contributed by atoms with Crippen molar-refractivity contribution in [1.82, 2.24) is 0 Å². The molecular weight excluding hydrogens is 617 g/mol. The van der Waals surface area contributed by atoms with Crippen LogP contribution in [0.2, 0.25) is 0 Å². The van der Waals surface area contributed by atoms with E-state index in [0.717, 1.165) is 12.8 Å². The van der Waals surface area contributed by atoms with Gasteiger partial charge in [0.2, 0.25) is 0 Å². The third kappa shape index (κ3) is 4.23. The van der Waals surface area contributed by atoms with E-state index in [-0.39, 0.29) is 22.3 Å². The average molecular weight is 663 g/mol. The maximum atomic E-state index is 2.61. The summed E-state index contributed by atoms with van der Waals surface area (Å²) in [7, 11) is 0. The molecule has 4 atom stereocenters. The summed E-state index contributed by atoms with van der Waals surface area (Å²) in [5.74, 6) is 0.902. The van der Waals surface area contributed by atoms with E-state index in [1.165, 1.54) is 67.4 Å². The van der Waals surface area contributed by atoms with Gasteiger partial charge in [-0.1, -0.05) is 125 Å². The van der Waals surface area contributed by atoms with E-state index < -0.39 is 0 Å². The fraction of sp³-hybridized carbons (Fsp3) is 0.265. The number of allylic oxidation sites excluding steroid dienone is 9. The largest absolute Gasteiger partial charge is 0.337 e. The summed E-state index contributed by atoms with van der Waals surface area (Å²) < 4.78 is 0.